The molecule has 0 radical (unpaired) electrons. The molecule has 1 aliphatic heterocycles. The summed E-state index contributed by atoms with van der Waals surface area (Å²) < 4.78 is 32.7. The molecule has 0 unspecified atom stereocenters. The van der Waals surface area contributed by atoms with Gasteiger partial charge < -0.3 is 4.74 Å². The predicted octanol–water partition coefficient (Wildman–Crippen LogP) is 0.950. The molecule has 1 aromatic rings. The number of hydrogen-bond donors (Lipinski definition) is 0. The summed E-state index contributed by atoms with van der Waals surface area (Å²) in [7, 11) is -1.77. The molecule has 7 heteroatoms. The van der Waals surface area contributed by atoms with Crippen LogP contribution in [0.1, 0.15) is 20.3 Å². The van der Waals surface area contributed by atoms with Crippen molar-refractivity contribution in [1.29, 1.82) is 0 Å². The van der Waals surface area contributed by atoms with E-state index in [1.807, 2.05) is 0 Å². The fourth-order valence-corrected chi connectivity index (χ4v) is 3.83. The molecular formula is C12H21N3O3S. The molecule has 6 nitrogen and oxygen atoms in total. The van der Waals surface area contributed by atoms with Crippen molar-refractivity contribution in [2.45, 2.75) is 31.7 Å². The highest BCUT2D eigenvalue weighted by Crippen LogP contribution is 2.36. The van der Waals surface area contributed by atoms with Gasteiger partial charge in [-0.15, -0.1) is 0 Å². The third-order valence-corrected chi connectivity index (χ3v) is 5.49. The van der Waals surface area contributed by atoms with Gasteiger partial charge in [0.2, 0.25) is 10.0 Å². The molecule has 0 aliphatic carbocycles. The standard InChI is InChI=1S/C12H21N3O3S/c1-4-12(2)9-15(10-12)19(16,17)11-7-13-14(8-11)5-6-18-3/h7-8H,4-6,9-10H2,1-3H3. The van der Waals surface area contributed by atoms with E-state index in [0.29, 0.717) is 26.2 Å². The van der Waals surface area contributed by atoms with E-state index < -0.39 is 10.0 Å². The van der Waals surface area contributed by atoms with Crippen LogP contribution in [-0.2, 0) is 21.3 Å². The Balaban J connectivity index is 2.07. The molecule has 0 amide bonds. The van der Waals surface area contributed by atoms with E-state index >= 15 is 0 Å². The zero-order valence-electron chi connectivity index (χ0n) is 11.7. The monoisotopic (exact) mass is 287 g/mol. The van der Waals surface area contributed by atoms with Gasteiger partial charge in [0.05, 0.1) is 19.3 Å². The van der Waals surface area contributed by atoms with Crippen LogP contribution in [0.2, 0.25) is 0 Å². The maximum absolute atomic E-state index is 12.3. The lowest BCUT2D eigenvalue weighted by atomic mass is 9.82. The van der Waals surface area contributed by atoms with Crippen LogP contribution in [-0.4, -0.2) is 49.3 Å². The van der Waals surface area contributed by atoms with E-state index in [2.05, 4.69) is 18.9 Å². The SMILES string of the molecule is CCC1(C)CN(S(=O)(=O)c2cnn(CCOC)c2)C1. The van der Waals surface area contributed by atoms with Crippen molar-refractivity contribution >= 4 is 10.0 Å². The lowest BCUT2D eigenvalue weighted by Crippen LogP contribution is -2.56. The Morgan fingerprint density at radius 3 is 2.74 bits per heavy atom. The Hall–Kier alpha value is -0.920. The second kappa shape index (κ2) is 5.22. The number of hydrogen-bond acceptors (Lipinski definition) is 4. The number of sulfonamides is 1. The summed E-state index contributed by atoms with van der Waals surface area (Å²) in [6, 6.07) is 0. The Morgan fingerprint density at radius 1 is 1.47 bits per heavy atom. The average Bonchev–Trinajstić information content (AvgIpc) is 2.81. The van der Waals surface area contributed by atoms with Crippen LogP contribution in [0.25, 0.3) is 0 Å². The Kier molecular flexibility index (Phi) is 3.98. The minimum absolute atomic E-state index is 0.124. The molecule has 0 spiro atoms. The van der Waals surface area contributed by atoms with E-state index in [1.54, 1.807) is 18.0 Å². The molecule has 1 aromatic heterocycles. The summed E-state index contributed by atoms with van der Waals surface area (Å²) >= 11 is 0. The molecule has 2 rings (SSSR count). The first-order valence-corrected chi connectivity index (χ1v) is 7.87. The number of methoxy groups -OCH3 is 1. The van der Waals surface area contributed by atoms with Crippen LogP contribution >= 0.6 is 0 Å². The molecule has 0 saturated carbocycles. The molecule has 108 valence electrons. The van der Waals surface area contributed by atoms with Crippen LogP contribution in [0, 0.1) is 5.41 Å². The molecule has 1 saturated heterocycles. The number of aromatic nitrogens is 2. The molecule has 0 atom stereocenters. The predicted molar refractivity (Wildman–Crippen MR) is 71.3 cm³/mol. The van der Waals surface area contributed by atoms with E-state index in [-0.39, 0.29) is 10.3 Å². The molecule has 0 bridgehead atoms. The fraction of sp³-hybridized carbons (Fsp3) is 0.750. The minimum Gasteiger partial charge on any atom is -0.383 e. The van der Waals surface area contributed by atoms with Gasteiger partial charge in [-0.05, 0) is 11.8 Å². The molecule has 2 heterocycles. The van der Waals surface area contributed by atoms with E-state index in [4.69, 9.17) is 4.74 Å². The number of nitrogens with zero attached hydrogens (tertiary/aromatic N) is 3. The molecule has 19 heavy (non-hydrogen) atoms. The Morgan fingerprint density at radius 2 is 2.16 bits per heavy atom. The van der Waals surface area contributed by atoms with Gasteiger partial charge in [0.25, 0.3) is 0 Å². The topological polar surface area (TPSA) is 64.4 Å². The quantitative estimate of drug-likeness (QED) is 0.781. The van der Waals surface area contributed by atoms with Crippen molar-refractivity contribution in [2.24, 2.45) is 5.41 Å². The Bertz CT molecular complexity index is 532. The van der Waals surface area contributed by atoms with Gasteiger partial charge in [-0.2, -0.15) is 9.40 Å². The second-order valence-electron chi connectivity index (χ2n) is 5.37. The second-order valence-corrected chi connectivity index (χ2v) is 7.31. The van der Waals surface area contributed by atoms with Crippen LogP contribution in [0.5, 0.6) is 0 Å². The van der Waals surface area contributed by atoms with Crippen LogP contribution in [0.3, 0.4) is 0 Å². The zero-order valence-corrected chi connectivity index (χ0v) is 12.5. The molecule has 0 N–H and O–H groups in total. The first-order chi connectivity index (χ1) is 8.91. The Labute approximate surface area is 114 Å². The first-order valence-electron chi connectivity index (χ1n) is 6.43. The summed E-state index contributed by atoms with van der Waals surface area (Å²) in [5, 5.41) is 4.05. The van der Waals surface area contributed by atoms with E-state index in [0.717, 1.165) is 6.42 Å². The summed E-state index contributed by atoms with van der Waals surface area (Å²) in [6.07, 6.45) is 3.97. The molecule has 1 fully saturated rings. The average molecular weight is 287 g/mol. The smallest absolute Gasteiger partial charge is 0.246 e. The van der Waals surface area contributed by atoms with Gasteiger partial charge >= 0.3 is 0 Å². The summed E-state index contributed by atoms with van der Waals surface area (Å²) in [5.41, 5.74) is 0.124. The van der Waals surface area contributed by atoms with Gasteiger partial charge in [0.15, 0.2) is 0 Å². The van der Waals surface area contributed by atoms with Gasteiger partial charge in [-0.3, -0.25) is 4.68 Å². The first kappa shape index (κ1) is 14.5. The van der Waals surface area contributed by atoms with Gasteiger partial charge in [-0.1, -0.05) is 13.8 Å². The highest BCUT2D eigenvalue weighted by molar-refractivity contribution is 7.89. The molecule has 0 aromatic carbocycles. The van der Waals surface area contributed by atoms with Crippen LogP contribution in [0.4, 0.5) is 0 Å². The fourth-order valence-electron chi connectivity index (χ4n) is 2.13. The third-order valence-electron chi connectivity index (χ3n) is 3.74. The number of ether oxygens (including phenoxy) is 1. The van der Waals surface area contributed by atoms with Crippen molar-refractivity contribution in [3.8, 4) is 0 Å². The highest BCUT2D eigenvalue weighted by atomic mass is 32.2. The molecular weight excluding hydrogens is 266 g/mol. The normalized spacial score (nSPS) is 19.3. The maximum Gasteiger partial charge on any atom is 0.246 e. The lowest BCUT2D eigenvalue weighted by Gasteiger charge is -2.46. The largest absolute Gasteiger partial charge is 0.383 e. The van der Waals surface area contributed by atoms with Gasteiger partial charge in [-0.25, -0.2) is 8.42 Å². The number of rotatable bonds is 6. The lowest BCUT2D eigenvalue weighted by molar-refractivity contribution is 0.0861. The van der Waals surface area contributed by atoms with Crippen molar-refractivity contribution in [2.75, 3.05) is 26.8 Å². The van der Waals surface area contributed by atoms with E-state index in [1.165, 1.54) is 10.5 Å². The summed E-state index contributed by atoms with van der Waals surface area (Å²) in [6.45, 7) is 6.45. The minimum atomic E-state index is -3.38. The molecule has 1 aliphatic rings. The third kappa shape index (κ3) is 2.82. The van der Waals surface area contributed by atoms with Crippen molar-refractivity contribution in [3.05, 3.63) is 12.4 Å². The summed E-state index contributed by atoms with van der Waals surface area (Å²) in [5.74, 6) is 0. The van der Waals surface area contributed by atoms with Crippen molar-refractivity contribution in [1.82, 2.24) is 14.1 Å². The van der Waals surface area contributed by atoms with Gasteiger partial charge in [0, 0.05) is 26.4 Å². The van der Waals surface area contributed by atoms with Crippen molar-refractivity contribution in [3.63, 3.8) is 0 Å². The maximum atomic E-state index is 12.3. The van der Waals surface area contributed by atoms with Crippen LogP contribution in [0.15, 0.2) is 17.3 Å². The van der Waals surface area contributed by atoms with E-state index in [9.17, 15) is 8.42 Å². The highest BCUT2D eigenvalue weighted by Gasteiger charge is 2.44. The van der Waals surface area contributed by atoms with Crippen LogP contribution < -0.4 is 0 Å². The zero-order chi connectivity index (χ0) is 14.1. The van der Waals surface area contributed by atoms with Gasteiger partial charge in [0.1, 0.15) is 4.90 Å². The summed E-state index contributed by atoms with van der Waals surface area (Å²) in [4.78, 5) is 0.266. The van der Waals surface area contributed by atoms with Crippen molar-refractivity contribution < 1.29 is 13.2 Å².